The second-order valence-corrected chi connectivity index (χ2v) is 6.00. The largest absolute Gasteiger partial charge is 0.383 e. The Morgan fingerprint density at radius 2 is 1.88 bits per heavy atom. The first-order valence-electron chi connectivity index (χ1n) is 5.67. The molecule has 16 heavy (non-hydrogen) atoms. The number of hydrogen-bond acceptors (Lipinski definition) is 4. The maximum absolute atomic E-state index is 11.1. The molecule has 0 aliphatic heterocycles. The van der Waals surface area contributed by atoms with E-state index < -0.39 is 9.84 Å². The Labute approximate surface area is 99.0 Å². The van der Waals surface area contributed by atoms with E-state index in [1.165, 1.54) is 0 Å². The SMILES string of the molecule is CCS(=O)(=O)CC/C=C/CCNCCOC. The molecule has 0 aromatic heterocycles. The van der Waals surface area contributed by atoms with Crippen molar-refractivity contribution >= 4 is 9.84 Å². The van der Waals surface area contributed by atoms with Crippen LogP contribution < -0.4 is 5.32 Å². The fourth-order valence-corrected chi connectivity index (χ4v) is 1.90. The molecule has 0 rings (SSSR count). The van der Waals surface area contributed by atoms with Gasteiger partial charge in [0.1, 0.15) is 9.84 Å². The highest BCUT2D eigenvalue weighted by Gasteiger charge is 2.03. The molecule has 0 saturated heterocycles. The van der Waals surface area contributed by atoms with Gasteiger partial charge in [-0.2, -0.15) is 0 Å². The van der Waals surface area contributed by atoms with Gasteiger partial charge in [0.2, 0.25) is 0 Å². The van der Waals surface area contributed by atoms with Crippen LogP contribution in [0.1, 0.15) is 19.8 Å². The monoisotopic (exact) mass is 249 g/mol. The first kappa shape index (κ1) is 15.6. The van der Waals surface area contributed by atoms with E-state index in [-0.39, 0.29) is 11.5 Å². The fourth-order valence-electron chi connectivity index (χ4n) is 1.11. The number of methoxy groups -OCH3 is 1. The molecular formula is C11H23NO3S. The summed E-state index contributed by atoms with van der Waals surface area (Å²) < 4.78 is 27.2. The molecule has 96 valence electrons. The van der Waals surface area contributed by atoms with Crippen molar-refractivity contribution in [2.75, 3.05) is 38.3 Å². The minimum atomic E-state index is -2.81. The highest BCUT2D eigenvalue weighted by atomic mass is 32.2. The van der Waals surface area contributed by atoms with E-state index in [1.807, 2.05) is 12.2 Å². The van der Waals surface area contributed by atoms with Gasteiger partial charge in [0.15, 0.2) is 0 Å². The Kier molecular flexibility index (Phi) is 9.57. The van der Waals surface area contributed by atoms with E-state index in [0.29, 0.717) is 6.42 Å². The van der Waals surface area contributed by atoms with Gasteiger partial charge in [0, 0.05) is 19.4 Å². The van der Waals surface area contributed by atoms with Crippen LogP contribution in [0.15, 0.2) is 12.2 Å². The molecule has 4 nitrogen and oxygen atoms in total. The van der Waals surface area contributed by atoms with Gasteiger partial charge in [0.05, 0.1) is 12.4 Å². The minimum absolute atomic E-state index is 0.236. The molecule has 0 bridgehead atoms. The van der Waals surface area contributed by atoms with Gasteiger partial charge in [0.25, 0.3) is 0 Å². The average Bonchev–Trinajstić information content (AvgIpc) is 2.27. The van der Waals surface area contributed by atoms with E-state index in [4.69, 9.17) is 4.74 Å². The van der Waals surface area contributed by atoms with Crippen molar-refractivity contribution in [3.8, 4) is 0 Å². The molecule has 0 spiro atoms. The zero-order valence-electron chi connectivity index (χ0n) is 10.2. The summed E-state index contributed by atoms with van der Waals surface area (Å²) in [6.45, 7) is 4.16. The number of nitrogens with one attached hydrogen (secondary N) is 1. The summed E-state index contributed by atoms with van der Waals surface area (Å²) in [6, 6.07) is 0. The van der Waals surface area contributed by atoms with Crippen LogP contribution in [-0.2, 0) is 14.6 Å². The second-order valence-electron chi connectivity index (χ2n) is 3.53. The lowest BCUT2D eigenvalue weighted by Gasteiger charge is -2.00. The fraction of sp³-hybridized carbons (Fsp3) is 0.818. The normalized spacial score (nSPS) is 12.4. The Balaban J connectivity index is 3.35. The predicted molar refractivity (Wildman–Crippen MR) is 67.4 cm³/mol. The van der Waals surface area contributed by atoms with E-state index in [1.54, 1.807) is 14.0 Å². The number of sulfone groups is 1. The number of hydrogen-bond donors (Lipinski definition) is 1. The van der Waals surface area contributed by atoms with Gasteiger partial charge in [-0.15, -0.1) is 0 Å². The van der Waals surface area contributed by atoms with Crippen molar-refractivity contribution in [2.24, 2.45) is 0 Å². The zero-order chi connectivity index (χ0) is 12.3. The molecular weight excluding hydrogens is 226 g/mol. The second kappa shape index (κ2) is 9.81. The van der Waals surface area contributed by atoms with Gasteiger partial charge in [-0.1, -0.05) is 19.1 Å². The Morgan fingerprint density at radius 1 is 1.19 bits per heavy atom. The van der Waals surface area contributed by atoms with Gasteiger partial charge < -0.3 is 10.1 Å². The third-order valence-corrected chi connectivity index (χ3v) is 3.91. The summed E-state index contributed by atoms with van der Waals surface area (Å²) in [5.74, 6) is 0.497. The van der Waals surface area contributed by atoms with E-state index in [9.17, 15) is 8.42 Å². The summed E-state index contributed by atoms with van der Waals surface area (Å²) >= 11 is 0. The van der Waals surface area contributed by atoms with Crippen molar-refractivity contribution < 1.29 is 13.2 Å². The number of ether oxygens (including phenoxy) is 1. The molecule has 0 fully saturated rings. The Bertz CT molecular complexity index is 273. The molecule has 0 aliphatic carbocycles. The van der Waals surface area contributed by atoms with Gasteiger partial charge in [-0.25, -0.2) is 8.42 Å². The van der Waals surface area contributed by atoms with E-state index in [2.05, 4.69) is 5.32 Å². The minimum Gasteiger partial charge on any atom is -0.383 e. The molecule has 5 heteroatoms. The standard InChI is InChI=1S/C11H23NO3S/c1-3-16(13,14)11-7-5-4-6-8-12-9-10-15-2/h4-5,12H,3,6-11H2,1-2H3/b5-4+. The first-order chi connectivity index (χ1) is 7.62. The number of allylic oxidation sites excluding steroid dienone is 1. The van der Waals surface area contributed by atoms with Gasteiger partial charge >= 0.3 is 0 Å². The molecule has 0 heterocycles. The molecule has 0 aromatic carbocycles. The molecule has 0 unspecified atom stereocenters. The van der Waals surface area contributed by atoms with Crippen LogP contribution in [0, 0.1) is 0 Å². The maximum Gasteiger partial charge on any atom is 0.150 e. The first-order valence-corrected chi connectivity index (χ1v) is 7.49. The smallest absolute Gasteiger partial charge is 0.150 e. The average molecular weight is 249 g/mol. The third kappa shape index (κ3) is 10.1. The van der Waals surface area contributed by atoms with Crippen molar-refractivity contribution in [1.82, 2.24) is 5.32 Å². The molecule has 0 saturated carbocycles. The van der Waals surface area contributed by atoms with Crippen LogP contribution in [0.25, 0.3) is 0 Å². The Morgan fingerprint density at radius 3 is 2.50 bits per heavy atom. The molecule has 0 amide bonds. The van der Waals surface area contributed by atoms with Crippen LogP contribution in [0.2, 0.25) is 0 Å². The van der Waals surface area contributed by atoms with Crippen LogP contribution in [0.5, 0.6) is 0 Å². The van der Waals surface area contributed by atoms with E-state index in [0.717, 1.165) is 26.1 Å². The van der Waals surface area contributed by atoms with Crippen LogP contribution in [-0.4, -0.2) is 46.7 Å². The molecule has 0 radical (unpaired) electrons. The lowest BCUT2D eigenvalue weighted by atomic mass is 10.3. The lowest BCUT2D eigenvalue weighted by Crippen LogP contribution is -2.19. The zero-order valence-corrected chi connectivity index (χ0v) is 11.1. The molecule has 0 aromatic rings. The quantitative estimate of drug-likeness (QED) is 0.463. The lowest BCUT2D eigenvalue weighted by molar-refractivity contribution is 0.199. The predicted octanol–water partition coefficient (Wildman–Crippen LogP) is 0.994. The Hall–Kier alpha value is -0.390. The topological polar surface area (TPSA) is 55.4 Å². The van der Waals surface area contributed by atoms with Crippen LogP contribution >= 0.6 is 0 Å². The van der Waals surface area contributed by atoms with Crippen molar-refractivity contribution in [3.63, 3.8) is 0 Å². The summed E-state index contributed by atoms with van der Waals surface area (Å²) in [7, 11) is -1.13. The van der Waals surface area contributed by atoms with Crippen molar-refractivity contribution in [2.45, 2.75) is 19.8 Å². The van der Waals surface area contributed by atoms with Crippen LogP contribution in [0.4, 0.5) is 0 Å². The summed E-state index contributed by atoms with van der Waals surface area (Å²) in [5.41, 5.74) is 0. The summed E-state index contributed by atoms with van der Waals surface area (Å²) in [4.78, 5) is 0. The molecule has 0 atom stereocenters. The highest BCUT2D eigenvalue weighted by molar-refractivity contribution is 7.91. The van der Waals surface area contributed by atoms with Crippen molar-refractivity contribution in [3.05, 3.63) is 12.2 Å². The maximum atomic E-state index is 11.1. The number of rotatable bonds is 10. The van der Waals surface area contributed by atoms with E-state index >= 15 is 0 Å². The van der Waals surface area contributed by atoms with Gasteiger partial charge in [-0.05, 0) is 19.4 Å². The third-order valence-electron chi connectivity index (χ3n) is 2.17. The highest BCUT2D eigenvalue weighted by Crippen LogP contribution is 1.95. The van der Waals surface area contributed by atoms with Gasteiger partial charge in [-0.3, -0.25) is 0 Å². The summed E-state index contributed by atoms with van der Waals surface area (Å²) in [5, 5.41) is 3.21. The van der Waals surface area contributed by atoms with Crippen LogP contribution in [0.3, 0.4) is 0 Å². The molecule has 1 N–H and O–H groups in total. The van der Waals surface area contributed by atoms with Crippen molar-refractivity contribution in [1.29, 1.82) is 0 Å². The summed E-state index contributed by atoms with van der Waals surface area (Å²) in [6.07, 6.45) is 5.50. The molecule has 0 aliphatic rings.